The van der Waals surface area contributed by atoms with Crippen molar-refractivity contribution in [1.29, 1.82) is 0 Å². The Labute approximate surface area is 237 Å². The maximum Gasteiger partial charge on any atom is 0.271 e. The van der Waals surface area contributed by atoms with Crippen LogP contribution in [-0.2, 0) is 4.79 Å². The fraction of sp³-hybridized carbons (Fsp3) is 0.281. The first-order valence-electron chi connectivity index (χ1n) is 13.3. The number of Topliss-reactive ketones (excluding diaryl/α,β-unsaturated/α-hetero) is 1. The quantitative estimate of drug-likeness (QED) is 0.311. The third-order valence-electron chi connectivity index (χ3n) is 7.46. The van der Waals surface area contributed by atoms with Gasteiger partial charge in [0.05, 0.1) is 24.8 Å². The smallest absolute Gasteiger partial charge is 0.271 e. The summed E-state index contributed by atoms with van der Waals surface area (Å²) in [6.45, 7) is 9.34. The number of carbonyl (C=O) groups excluding carboxylic acids is 1. The van der Waals surface area contributed by atoms with E-state index in [4.69, 9.17) is 14.5 Å². The summed E-state index contributed by atoms with van der Waals surface area (Å²) < 4.78 is 13.7. The zero-order valence-corrected chi connectivity index (χ0v) is 24.5. The highest BCUT2D eigenvalue weighted by molar-refractivity contribution is 7.07. The normalized spacial score (nSPS) is 15.2. The molecule has 1 aliphatic rings. The molecule has 8 heteroatoms. The first-order chi connectivity index (χ1) is 19.3. The predicted octanol–water partition coefficient (Wildman–Crippen LogP) is 4.84. The zero-order valence-electron chi connectivity index (χ0n) is 23.6. The van der Waals surface area contributed by atoms with Crippen molar-refractivity contribution < 1.29 is 14.3 Å². The topological polar surface area (TPSA) is 73.1 Å². The highest BCUT2D eigenvalue weighted by Crippen LogP contribution is 2.40. The highest BCUT2D eigenvalue weighted by Gasteiger charge is 2.33. The van der Waals surface area contributed by atoms with E-state index < -0.39 is 6.04 Å². The van der Waals surface area contributed by atoms with Gasteiger partial charge in [0.2, 0.25) is 0 Å². The van der Waals surface area contributed by atoms with Crippen LogP contribution in [0.25, 0.3) is 16.8 Å². The average Bonchev–Trinajstić information content (AvgIpc) is 3.26. The Bertz CT molecular complexity index is 1830. The van der Waals surface area contributed by atoms with E-state index in [9.17, 15) is 9.59 Å². The van der Waals surface area contributed by atoms with E-state index in [1.54, 1.807) is 18.8 Å². The molecular formula is C32H33N3O4S. The van der Waals surface area contributed by atoms with Crippen LogP contribution in [0.4, 0.5) is 5.69 Å². The van der Waals surface area contributed by atoms with Gasteiger partial charge < -0.3 is 14.4 Å². The van der Waals surface area contributed by atoms with Gasteiger partial charge in [-0.05, 0) is 62.7 Å². The van der Waals surface area contributed by atoms with Gasteiger partial charge in [0, 0.05) is 47.2 Å². The SMILES string of the molecule is CCN(CC)c1ccc(/C=c2\sc3n(c2=O)C(c2c(OC)ccc4ccccc24)C(C(C)=O)=C(C)N=3)c(OC)c1. The number of hydrogen-bond donors (Lipinski definition) is 0. The van der Waals surface area contributed by atoms with E-state index in [0.29, 0.717) is 32.1 Å². The van der Waals surface area contributed by atoms with Crippen LogP contribution in [-0.4, -0.2) is 37.7 Å². The van der Waals surface area contributed by atoms with Gasteiger partial charge in [-0.25, -0.2) is 4.99 Å². The van der Waals surface area contributed by atoms with Crippen molar-refractivity contribution in [3.63, 3.8) is 0 Å². The number of ketones is 1. The predicted molar refractivity (Wildman–Crippen MR) is 162 cm³/mol. The second-order valence-corrected chi connectivity index (χ2v) is 10.6. The second kappa shape index (κ2) is 11.1. The molecule has 0 radical (unpaired) electrons. The largest absolute Gasteiger partial charge is 0.496 e. The summed E-state index contributed by atoms with van der Waals surface area (Å²) in [6, 6.07) is 17.1. The number of aromatic nitrogens is 1. The minimum atomic E-state index is -0.677. The molecule has 3 aromatic carbocycles. The lowest BCUT2D eigenvalue weighted by Crippen LogP contribution is -2.39. The molecule has 0 aliphatic carbocycles. The lowest BCUT2D eigenvalue weighted by Gasteiger charge is -2.27. The minimum absolute atomic E-state index is 0.135. The summed E-state index contributed by atoms with van der Waals surface area (Å²) in [5, 5.41) is 1.92. The standard InChI is InChI=1S/C32H33N3O4S/c1-7-34(8-2)23-15-13-22(26(18-23)39-6)17-27-31(37)35-30(28(20(4)36)19(3)33-32(35)40-27)29-24-12-10-9-11-21(24)14-16-25(29)38-5/h9-18,30H,7-8H2,1-6H3/b27-17-. The van der Waals surface area contributed by atoms with Crippen molar-refractivity contribution in [2.24, 2.45) is 4.99 Å². The van der Waals surface area contributed by atoms with Crippen LogP contribution < -0.4 is 29.3 Å². The molecule has 0 amide bonds. The van der Waals surface area contributed by atoms with Crippen molar-refractivity contribution >= 4 is 39.7 Å². The van der Waals surface area contributed by atoms with E-state index in [2.05, 4.69) is 18.7 Å². The van der Waals surface area contributed by atoms with E-state index >= 15 is 0 Å². The van der Waals surface area contributed by atoms with Crippen LogP contribution in [0.3, 0.4) is 0 Å². The first-order valence-corrected chi connectivity index (χ1v) is 14.2. The van der Waals surface area contributed by atoms with Crippen LogP contribution >= 0.6 is 11.3 Å². The fourth-order valence-electron chi connectivity index (χ4n) is 5.53. The van der Waals surface area contributed by atoms with Crippen molar-refractivity contribution in [3.05, 3.63) is 96.7 Å². The van der Waals surface area contributed by atoms with Crippen molar-refractivity contribution in [2.45, 2.75) is 33.7 Å². The summed E-state index contributed by atoms with van der Waals surface area (Å²) >= 11 is 1.31. The summed E-state index contributed by atoms with van der Waals surface area (Å²) in [5.74, 6) is 1.16. The number of benzene rings is 3. The third-order valence-corrected chi connectivity index (χ3v) is 8.44. The number of hydrogen-bond acceptors (Lipinski definition) is 7. The maximum absolute atomic E-state index is 14.1. The minimum Gasteiger partial charge on any atom is -0.496 e. The summed E-state index contributed by atoms with van der Waals surface area (Å²) in [4.78, 5) is 34.7. The molecule has 206 valence electrons. The van der Waals surface area contributed by atoms with Gasteiger partial charge in [-0.15, -0.1) is 0 Å². The van der Waals surface area contributed by atoms with Gasteiger partial charge in [0.25, 0.3) is 5.56 Å². The molecule has 0 saturated carbocycles. The third kappa shape index (κ3) is 4.62. The Morgan fingerprint density at radius 3 is 2.45 bits per heavy atom. The molecule has 0 bridgehead atoms. The van der Waals surface area contributed by atoms with E-state index in [-0.39, 0.29) is 11.3 Å². The number of nitrogens with zero attached hydrogens (tertiary/aromatic N) is 3. The van der Waals surface area contributed by atoms with Crippen LogP contribution in [0.15, 0.2) is 75.7 Å². The number of rotatable bonds is 8. The molecule has 1 aromatic heterocycles. The molecule has 7 nitrogen and oxygen atoms in total. The fourth-order valence-corrected chi connectivity index (χ4v) is 6.56. The second-order valence-electron chi connectivity index (χ2n) is 9.64. The van der Waals surface area contributed by atoms with E-state index in [1.807, 2.05) is 67.6 Å². The van der Waals surface area contributed by atoms with Crippen molar-refractivity contribution in [1.82, 2.24) is 4.57 Å². The van der Waals surface area contributed by atoms with Crippen LogP contribution in [0.5, 0.6) is 11.5 Å². The average molecular weight is 556 g/mol. The van der Waals surface area contributed by atoms with Crippen LogP contribution in [0, 0.1) is 0 Å². The Morgan fingerprint density at radius 1 is 1.05 bits per heavy atom. The summed E-state index contributed by atoms with van der Waals surface area (Å²) in [5.41, 5.74) is 3.49. The van der Waals surface area contributed by atoms with Gasteiger partial charge >= 0.3 is 0 Å². The molecule has 1 atom stereocenters. The van der Waals surface area contributed by atoms with Gasteiger partial charge in [0.15, 0.2) is 10.6 Å². The Morgan fingerprint density at radius 2 is 1.77 bits per heavy atom. The zero-order chi connectivity index (χ0) is 28.6. The number of allylic oxidation sites excluding steroid dienone is 2. The number of methoxy groups -OCH3 is 2. The lowest BCUT2D eigenvalue weighted by molar-refractivity contribution is -0.114. The molecule has 5 rings (SSSR count). The number of carbonyl (C=O) groups is 1. The van der Waals surface area contributed by atoms with E-state index in [1.165, 1.54) is 18.3 Å². The number of ether oxygens (including phenoxy) is 2. The molecule has 0 N–H and O–H groups in total. The number of thiazole rings is 1. The highest BCUT2D eigenvalue weighted by atomic mass is 32.1. The van der Waals surface area contributed by atoms with Crippen molar-refractivity contribution in [2.75, 3.05) is 32.2 Å². The monoisotopic (exact) mass is 555 g/mol. The van der Waals surface area contributed by atoms with Gasteiger partial charge in [-0.1, -0.05) is 41.7 Å². The number of anilines is 1. The Hall–Kier alpha value is -4.17. The molecule has 1 aliphatic heterocycles. The molecule has 4 aromatic rings. The molecule has 40 heavy (non-hydrogen) atoms. The van der Waals surface area contributed by atoms with Crippen LogP contribution in [0.1, 0.15) is 44.9 Å². The van der Waals surface area contributed by atoms with Gasteiger partial charge in [-0.3, -0.25) is 14.2 Å². The Kier molecular flexibility index (Phi) is 7.63. The molecule has 0 spiro atoms. The van der Waals surface area contributed by atoms with Crippen LogP contribution in [0.2, 0.25) is 0 Å². The summed E-state index contributed by atoms with van der Waals surface area (Å²) in [6.07, 6.45) is 1.85. The van der Waals surface area contributed by atoms with Gasteiger partial charge in [0.1, 0.15) is 11.5 Å². The van der Waals surface area contributed by atoms with Crippen molar-refractivity contribution in [3.8, 4) is 11.5 Å². The Balaban J connectivity index is 1.77. The molecule has 2 heterocycles. The van der Waals surface area contributed by atoms with Gasteiger partial charge in [-0.2, -0.15) is 0 Å². The molecular weight excluding hydrogens is 522 g/mol. The first kappa shape index (κ1) is 27.4. The van der Waals surface area contributed by atoms with E-state index in [0.717, 1.165) is 40.7 Å². The molecule has 0 fully saturated rings. The maximum atomic E-state index is 14.1. The lowest BCUT2D eigenvalue weighted by atomic mass is 9.89. The summed E-state index contributed by atoms with van der Waals surface area (Å²) in [7, 11) is 3.24. The number of fused-ring (bicyclic) bond motifs is 2. The molecule has 1 unspecified atom stereocenters. The molecule has 0 saturated heterocycles.